The van der Waals surface area contributed by atoms with E-state index < -0.39 is 0 Å². The summed E-state index contributed by atoms with van der Waals surface area (Å²) in [6, 6.07) is 77.2. The molecule has 11 aromatic rings. The van der Waals surface area contributed by atoms with E-state index >= 15 is 0 Å². The Kier molecular flexibility index (Phi) is 13.6. The average Bonchev–Trinajstić information content (AvgIpc) is 3.99. The number of allylic oxidation sites excluding steroid dienone is 7. The molecule has 1 aliphatic carbocycles. The second-order valence-electron chi connectivity index (χ2n) is 19.0. The van der Waals surface area contributed by atoms with Crippen LogP contribution >= 0.6 is 0 Å². The van der Waals surface area contributed by atoms with Gasteiger partial charge in [-0.25, -0.2) is 0 Å². The Labute approximate surface area is 438 Å². The van der Waals surface area contributed by atoms with E-state index in [1.165, 1.54) is 54.7 Å². The molecule has 0 amide bonds. The fraction of sp³-hybridized carbons (Fsp3) is 0.0580. The van der Waals surface area contributed by atoms with Gasteiger partial charge in [0.2, 0.25) is 0 Å². The van der Waals surface area contributed by atoms with Crippen molar-refractivity contribution in [2.24, 2.45) is 17.4 Å². The van der Waals surface area contributed by atoms with Gasteiger partial charge in [0.15, 0.2) is 0 Å². The molecule has 3 heterocycles. The number of nitrogens with two attached hydrogens (primary N) is 2. The second-order valence-corrected chi connectivity index (χ2v) is 19.0. The third-order valence-electron chi connectivity index (χ3n) is 14.1. The number of benzene rings is 9. The van der Waals surface area contributed by atoms with Crippen molar-refractivity contribution in [1.82, 2.24) is 9.13 Å². The predicted molar refractivity (Wildman–Crippen MR) is 319 cm³/mol. The number of hydrogen-bond donors (Lipinski definition) is 3. The lowest BCUT2D eigenvalue weighted by Crippen LogP contribution is -2.12. The minimum atomic E-state index is 0.121. The molecule has 364 valence electrons. The van der Waals surface area contributed by atoms with Gasteiger partial charge in [0.05, 0.1) is 27.8 Å². The number of aryl methyl sites for hydroxylation is 1. The molecule has 5 N–H and O–H groups in total. The molecule has 0 fully saturated rings. The largest absolute Gasteiger partial charge is 0.384 e. The van der Waals surface area contributed by atoms with Crippen molar-refractivity contribution >= 4 is 72.0 Å². The van der Waals surface area contributed by atoms with Crippen LogP contribution in [-0.4, -0.2) is 21.5 Å². The summed E-state index contributed by atoms with van der Waals surface area (Å²) in [7, 11) is 0. The summed E-state index contributed by atoms with van der Waals surface area (Å²) in [4.78, 5) is 2.30. The number of fused-ring (bicyclic) bond motifs is 7. The summed E-state index contributed by atoms with van der Waals surface area (Å²) in [5.41, 5.74) is 28.5. The second kappa shape index (κ2) is 21.3. The summed E-state index contributed by atoms with van der Waals surface area (Å²) in [5, 5.41) is 11.9. The highest BCUT2D eigenvalue weighted by molar-refractivity contribution is 6.12. The Morgan fingerprint density at radius 2 is 1.07 bits per heavy atom. The first kappa shape index (κ1) is 47.8. The number of para-hydroxylation sites is 4. The van der Waals surface area contributed by atoms with Gasteiger partial charge in [0, 0.05) is 55.9 Å². The van der Waals surface area contributed by atoms with Crippen LogP contribution in [0.25, 0.3) is 77.3 Å². The molecule has 0 radical (unpaired) electrons. The van der Waals surface area contributed by atoms with Gasteiger partial charge in [0.1, 0.15) is 5.84 Å². The van der Waals surface area contributed by atoms with Gasteiger partial charge in [0.25, 0.3) is 0 Å². The Hall–Kier alpha value is -9.49. The van der Waals surface area contributed by atoms with Crippen molar-refractivity contribution < 1.29 is 0 Å². The molecule has 9 aromatic carbocycles. The predicted octanol–water partition coefficient (Wildman–Crippen LogP) is 16.7. The van der Waals surface area contributed by atoms with Gasteiger partial charge >= 0.3 is 0 Å². The molecule has 75 heavy (non-hydrogen) atoms. The number of aromatic nitrogens is 2. The molecule has 0 saturated carbocycles. The molecule has 1 aliphatic heterocycles. The molecule has 0 bridgehead atoms. The van der Waals surface area contributed by atoms with Crippen LogP contribution in [0.4, 0.5) is 11.4 Å². The van der Waals surface area contributed by atoms with Crippen molar-refractivity contribution in [3.63, 3.8) is 0 Å². The molecule has 1 atom stereocenters. The Morgan fingerprint density at radius 3 is 1.61 bits per heavy atom. The lowest BCUT2D eigenvalue weighted by atomic mass is 9.92. The van der Waals surface area contributed by atoms with Crippen LogP contribution in [0.2, 0.25) is 0 Å². The van der Waals surface area contributed by atoms with Gasteiger partial charge in [-0.1, -0.05) is 170 Å². The van der Waals surface area contributed by atoms with Crippen molar-refractivity contribution in [2.75, 3.05) is 11.4 Å². The van der Waals surface area contributed by atoms with E-state index in [4.69, 9.17) is 23.5 Å². The van der Waals surface area contributed by atoms with E-state index in [0.717, 1.165) is 69.1 Å². The van der Waals surface area contributed by atoms with Crippen molar-refractivity contribution in [3.8, 4) is 22.5 Å². The van der Waals surface area contributed by atoms with E-state index in [2.05, 4.69) is 252 Å². The van der Waals surface area contributed by atoms with Gasteiger partial charge in [-0.2, -0.15) is 0 Å². The summed E-state index contributed by atoms with van der Waals surface area (Å²) < 4.78 is 4.73. The maximum atomic E-state index is 7.01. The first-order valence-electron chi connectivity index (χ1n) is 25.5. The van der Waals surface area contributed by atoms with E-state index in [1.807, 2.05) is 30.3 Å². The molecule has 6 heteroatoms. The molecule has 0 saturated heterocycles. The van der Waals surface area contributed by atoms with E-state index in [-0.39, 0.29) is 5.84 Å². The fourth-order valence-electron chi connectivity index (χ4n) is 10.3. The SMILES string of the molecule is C=C1/C=C(c2ccc3c(c2)c2ccccc2n3-c2ccccc2)\C=C/N(c2ccc(C)cc2)c2ccc(-c3ccc4c(c3)c3ccccc3n4-c3ccccc3)cc21.N=C(N)c1ccccc1.NCC1C=CC=CC1. The Balaban J connectivity index is 0.000000301. The molecule has 13 rings (SSSR count). The molecule has 6 nitrogen and oxygen atoms in total. The third kappa shape index (κ3) is 9.78. The standard InChI is InChI=1S/C55H39N3.C7H8N2.C7H11N/c1-37-21-26-43(27-22-37)56-32-31-42(41-25-30-55-50(36-41)47-18-10-12-20-53(47)58(55)45-15-7-4-8-16-45)33-38(2)48-34-39(23-28-51(48)56)40-24-29-54-49(35-40)46-17-9-11-19-52(46)57(54)44-13-5-3-6-14-44;8-7(9)6-4-2-1-3-5-6;8-6-7-4-2-1-3-5-7/h3-36H,2H2,1H3;1-5H,(H3,8,9);1-4,7H,5-6,8H2/b32-31-,42-33+;;. The van der Waals surface area contributed by atoms with Gasteiger partial charge in [-0.3, -0.25) is 5.41 Å². The van der Waals surface area contributed by atoms with Crippen LogP contribution in [-0.2, 0) is 0 Å². The number of rotatable bonds is 7. The Morgan fingerprint density at radius 1 is 0.547 bits per heavy atom. The summed E-state index contributed by atoms with van der Waals surface area (Å²) in [6.07, 6.45) is 16.2. The topological polar surface area (TPSA) is 89.0 Å². The van der Waals surface area contributed by atoms with Crippen LogP contribution in [0.1, 0.15) is 28.7 Å². The zero-order valence-electron chi connectivity index (χ0n) is 42.0. The third-order valence-corrected chi connectivity index (χ3v) is 14.1. The molecule has 1 unspecified atom stereocenters. The molecular weight excluding hydrogens is 913 g/mol. The molecular formula is C69H58N6. The Bertz CT molecular complexity index is 4000. The summed E-state index contributed by atoms with van der Waals surface area (Å²) >= 11 is 0. The minimum Gasteiger partial charge on any atom is -0.384 e. The number of nitrogen functional groups attached to an aromatic ring is 1. The maximum absolute atomic E-state index is 7.01. The number of amidine groups is 1. The van der Waals surface area contributed by atoms with Crippen molar-refractivity contribution in [3.05, 3.63) is 290 Å². The zero-order valence-corrected chi connectivity index (χ0v) is 42.0. The van der Waals surface area contributed by atoms with Crippen molar-refractivity contribution in [2.45, 2.75) is 13.3 Å². The number of nitrogens with one attached hydrogen (secondary N) is 1. The average molecular weight is 971 g/mol. The zero-order chi connectivity index (χ0) is 51.3. The highest BCUT2D eigenvalue weighted by atomic mass is 15.1. The first-order valence-corrected chi connectivity index (χ1v) is 25.5. The molecule has 2 aliphatic rings. The van der Waals surface area contributed by atoms with E-state index in [0.29, 0.717) is 5.92 Å². The monoisotopic (exact) mass is 970 g/mol. The minimum absolute atomic E-state index is 0.121. The van der Waals surface area contributed by atoms with Crippen LogP contribution in [0.3, 0.4) is 0 Å². The number of hydrogen-bond acceptors (Lipinski definition) is 3. The van der Waals surface area contributed by atoms with Gasteiger partial charge in [-0.15, -0.1) is 0 Å². The van der Waals surface area contributed by atoms with Crippen LogP contribution in [0.5, 0.6) is 0 Å². The summed E-state index contributed by atoms with van der Waals surface area (Å²) in [5.74, 6) is 0.718. The van der Waals surface area contributed by atoms with Crippen LogP contribution < -0.4 is 16.4 Å². The van der Waals surface area contributed by atoms with Crippen molar-refractivity contribution in [1.29, 1.82) is 5.41 Å². The normalized spacial score (nSPS) is 15.0. The van der Waals surface area contributed by atoms with Gasteiger partial charge < -0.3 is 25.5 Å². The highest BCUT2D eigenvalue weighted by Gasteiger charge is 2.20. The summed E-state index contributed by atoms with van der Waals surface area (Å²) in [6.45, 7) is 7.66. The lowest BCUT2D eigenvalue weighted by molar-refractivity contribution is 0.669. The highest BCUT2D eigenvalue weighted by Crippen LogP contribution is 2.42. The fourth-order valence-corrected chi connectivity index (χ4v) is 10.3. The molecule has 2 aromatic heterocycles. The lowest BCUT2D eigenvalue weighted by Gasteiger charge is -2.27. The first-order chi connectivity index (χ1) is 36.8. The smallest absolute Gasteiger partial charge is 0.122 e. The number of anilines is 2. The quantitative estimate of drug-likeness (QED) is 0.110. The van der Waals surface area contributed by atoms with E-state index in [9.17, 15) is 0 Å². The van der Waals surface area contributed by atoms with Crippen LogP contribution in [0, 0.1) is 18.3 Å². The van der Waals surface area contributed by atoms with Crippen LogP contribution in [0.15, 0.2) is 268 Å². The number of nitrogens with zero attached hydrogens (tertiary/aromatic N) is 3. The van der Waals surface area contributed by atoms with E-state index in [1.54, 1.807) is 0 Å². The molecule has 0 spiro atoms. The maximum Gasteiger partial charge on any atom is 0.122 e. The van der Waals surface area contributed by atoms with Gasteiger partial charge in [-0.05, 0) is 151 Å².